The Morgan fingerprint density at radius 2 is 1.93 bits per heavy atom. The number of rotatable bonds is 10. The van der Waals surface area contributed by atoms with Gasteiger partial charge in [0, 0.05) is 12.0 Å². The van der Waals surface area contributed by atoms with Crippen LogP contribution in [0.3, 0.4) is 0 Å². The molecule has 6 nitrogen and oxygen atoms in total. The lowest BCUT2D eigenvalue weighted by Gasteiger charge is -2.24. The third-order valence-corrected chi connectivity index (χ3v) is 5.51. The van der Waals surface area contributed by atoms with E-state index in [4.69, 9.17) is 24.7 Å². The molecule has 1 heterocycles. The second-order valence-corrected chi connectivity index (χ2v) is 9.33. The fourth-order valence-electron chi connectivity index (χ4n) is 2.67. The maximum Gasteiger partial charge on any atom is 0.325 e. The Kier molecular flexibility index (Phi) is 7.67. The van der Waals surface area contributed by atoms with Crippen molar-refractivity contribution >= 4 is 13.7 Å². The van der Waals surface area contributed by atoms with Gasteiger partial charge < -0.3 is 24.7 Å². The van der Waals surface area contributed by atoms with Crippen molar-refractivity contribution in [1.82, 2.24) is 0 Å². The van der Waals surface area contributed by atoms with E-state index < -0.39 is 13.1 Å². The van der Waals surface area contributed by atoms with Crippen LogP contribution in [0, 0.1) is 13.8 Å². The lowest BCUT2D eigenvalue weighted by molar-refractivity contribution is 0.349. The standard InChI is InChI=1S/C21H30NO5P/c1-16-6-7-20(15-17(16)2)26-13-4-5-18-8-9-19(27-18)10-11-21(3,22)12-14-28(23,24)25/h4-9,15H,10-14,22H2,1-3H3,(H2,23,24,25)/b5-4+. The smallest absolute Gasteiger partial charge is 0.325 e. The molecular formula is C21H30NO5P. The first-order valence-corrected chi connectivity index (χ1v) is 11.1. The largest absolute Gasteiger partial charge is 0.490 e. The van der Waals surface area contributed by atoms with E-state index in [0.29, 0.717) is 19.4 Å². The zero-order chi connectivity index (χ0) is 20.8. The molecule has 0 fully saturated rings. The van der Waals surface area contributed by atoms with Crippen molar-refractivity contribution in [2.45, 2.75) is 45.6 Å². The van der Waals surface area contributed by atoms with E-state index in [1.54, 1.807) is 6.92 Å². The predicted octanol–water partition coefficient (Wildman–Crippen LogP) is 4.21. The van der Waals surface area contributed by atoms with Crippen molar-refractivity contribution in [2.75, 3.05) is 12.8 Å². The highest BCUT2D eigenvalue weighted by Crippen LogP contribution is 2.37. The second-order valence-electron chi connectivity index (χ2n) is 7.56. The summed E-state index contributed by atoms with van der Waals surface area (Å²) in [5.41, 5.74) is 7.92. The van der Waals surface area contributed by atoms with Gasteiger partial charge in [-0.25, -0.2) is 0 Å². The first kappa shape index (κ1) is 22.4. The number of nitrogens with two attached hydrogens (primary N) is 1. The SMILES string of the molecule is Cc1ccc(OC/C=C/c2ccc(CCC(C)(N)CCP(=O)(O)O)o2)cc1C. The van der Waals surface area contributed by atoms with E-state index in [2.05, 4.69) is 13.8 Å². The molecule has 0 bridgehead atoms. The number of hydrogen-bond donors (Lipinski definition) is 3. The van der Waals surface area contributed by atoms with Crippen molar-refractivity contribution in [3.63, 3.8) is 0 Å². The van der Waals surface area contributed by atoms with Gasteiger partial charge >= 0.3 is 7.60 Å². The van der Waals surface area contributed by atoms with Crippen LogP contribution in [0.4, 0.5) is 0 Å². The van der Waals surface area contributed by atoms with E-state index in [1.165, 1.54) is 11.1 Å². The molecule has 1 atom stereocenters. The Morgan fingerprint density at radius 3 is 2.61 bits per heavy atom. The fraction of sp³-hybridized carbons (Fsp3) is 0.429. The lowest BCUT2D eigenvalue weighted by atomic mass is 9.93. The molecular weight excluding hydrogens is 377 g/mol. The van der Waals surface area contributed by atoms with Crippen molar-refractivity contribution in [3.8, 4) is 5.75 Å². The fourth-order valence-corrected chi connectivity index (χ4v) is 3.47. The Balaban J connectivity index is 1.79. The summed E-state index contributed by atoms with van der Waals surface area (Å²) in [6, 6.07) is 9.79. The molecule has 1 aromatic heterocycles. The Bertz CT molecular complexity index is 850. The van der Waals surface area contributed by atoms with Crippen molar-refractivity contribution < 1.29 is 23.5 Å². The minimum Gasteiger partial charge on any atom is -0.490 e. The molecule has 28 heavy (non-hydrogen) atoms. The van der Waals surface area contributed by atoms with Crippen LogP contribution in [-0.2, 0) is 11.0 Å². The summed E-state index contributed by atoms with van der Waals surface area (Å²) in [5, 5.41) is 0. The first-order valence-electron chi connectivity index (χ1n) is 9.33. The van der Waals surface area contributed by atoms with Crippen molar-refractivity contribution in [3.05, 3.63) is 59.1 Å². The minimum absolute atomic E-state index is 0.202. The van der Waals surface area contributed by atoms with Gasteiger partial charge in [-0.3, -0.25) is 4.57 Å². The molecule has 0 aliphatic heterocycles. The normalized spacial score (nSPS) is 14.4. The van der Waals surface area contributed by atoms with E-state index in [9.17, 15) is 4.57 Å². The van der Waals surface area contributed by atoms with Crippen LogP contribution in [0.2, 0.25) is 0 Å². The quantitative estimate of drug-likeness (QED) is 0.510. The van der Waals surface area contributed by atoms with Crippen LogP contribution in [0.25, 0.3) is 6.08 Å². The second kappa shape index (κ2) is 9.57. The average Bonchev–Trinajstić information content (AvgIpc) is 3.06. The molecule has 154 valence electrons. The van der Waals surface area contributed by atoms with Crippen molar-refractivity contribution in [2.24, 2.45) is 5.73 Å². The third-order valence-electron chi connectivity index (χ3n) is 4.71. The molecule has 0 aliphatic carbocycles. The summed E-state index contributed by atoms with van der Waals surface area (Å²) in [5.74, 6) is 2.36. The van der Waals surface area contributed by atoms with Gasteiger partial charge in [0.15, 0.2) is 0 Å². The summed E-state index contributed by atoms with van der Waals surface area (Å²) in [7, 11) is -4.02. The number of furan rings is 1. The average molecular weight is 407 g/mol. The van der Waals surface area contributed by atoms with Gasteiger partial charge in [0.1, 0.15) is 23.9 Å². The van der Waals surface area contributed by atoms with E-state index >= 15 is 0 Å². The Morgan fingerprint density at radius 1 is 1.18 bits per heavy atom. The highest BCUT2D eigenvalue weighted by Gasteiger charge is 2.24. The molecule has 4 N–H and O–H groups in total. The summed E-state index contributed by atoms with van der Waals surface area (Å²) >= 11 is 0. The zero-order valence-corrected chi connectivity index (χ0v) is 17.6. The minimum atomic E-state index is -4.02. The van der Waals surface area contributed by atoms with Crippen LogP contribution < -0.4 is 10.5 Å². The predicted molar refractivity (Wildman–Crippen MR) is 112 cm³/mol. The highest BCUT2D eigenvalue weighted by molar-refractivity contribution is 7.51. The summed E-state index contributed by atoms with van der Waals surface area (Å²) in [4.78, 5) is 18.0. The molecule has 2 rings (SSSR count). The van der Waals surface area contributed by atoms with Gasteiger partial charge in [-0.15, -0.1) is 0 Å². The van der Waals surface area contributed by atoms with Gasteiger partial charge in [-0.05, 0) is 81.2 Å². The molecule has 1 aromatic carbocycles. The molecule has 0 spiro atoms. The van der Waals surface area contributed by atoms with E-state index in [0.717, 1.165) is 17.3 Å². The number of benzene rings is 1. The molecule has 0 radical (unpaired) electrons. The van der Waals surface area contributed by atoms with Gasteiger partial charge in [0.25, 0.3) is 0 Å². The Labute approximate surface area is 166 Å². The maximum atomic E-state index is 11.0. The molecule has 2 aromatic rings. The van der Waals surface area contributed by atoms with Crippen LogP contribution in [0.5, 0.6) is 5.75 Å². The number of aryl methyl sites for hydroxylation is 3. The zero-order valence-electron chi connectivity index (χ0n) is 16.7. The topological polar surface area (TPSA) is 106 Å². The molecule has 0 amide bonds. The number of ether oxygens (including phenoxy) is 1. The number of hydrogen-bond acceptors (Lipinski definition) is 4. The van der Waals surface area contributed by atoms with Gasteiger partial charge in [0.05, 0.1) is 6.16 Å². The molecule has 0 aliphatic rings. The van der Waals surface area contributed by atoms with E-state index in [-0.39, 0.29) is 12.6 Å². The summed E-state index contributed by atoms with van der Waals surface area (Å²) < 4.78 is 22.5. The molecule has 7 heteroatoms. The maximum absolute atomic E-state index is 11.0. The Hall–Kier alpha value is -1.85. The molecule has 0 saturated heterocycles. The lowest BCUT2D eigenvalue weighted by Crippen LogP contribution is -2.37. The van der Waals surface area contributed by atoms with Crippen LogP contribution >= 0.6 is 7.60 Å². The van der Waals surface area contributed by atoms with Crippen LogP contribution in [-0.4, -0.2) is 28.1 Å². The van der Waals surface area contributed by atoms with Gasteiger partial charge in [0.2, 0.25) is 0 Å². The van der Waals surface area contributed by atoms with E-state index in [1.807, 2.05) is 42.5 Å². The highest BCUT2D eigenvalue weighted by atomic mass is 31.2. The van der Waals surface area contributed by atoms with Gasteiger partial charge in [-0.2, -0.15) is 0 Å². The summed E-state index contributed by atoms with van der Waals surface area (Å²) in [6.07, 6.45) is 5.01. The summed E-state index contributed by atoms with van der Waals surface area (Å²) in [6.45, 7) is 6.37. The van der Waals surface area contributed by atoms with Gasteiger partial charge in [-0.1, -0.05) is 6.07 Å². The first-order chi connectivity index (χ1) is 13.0. The van der Waals surface area contributed by atoms with Crippen LogP contribution in [0.1, 0.15) is 42.4 Å². The molecule has 0 saturated carbocycles. The van der Waals surface area contributed by atoms with Crippen molar-refractivity contribution in [1.29, 1.82) is 0 Å². The molecule has 1 unspecified atom stereocenters. The monoisotopic (exact) mass is 407 g/mol. The third kappa shape index (κ3) is 8.03. The van der Waals surface area contributed by atoms with Crippen LogP contribution in [0.15, 0.2) is 40.8 Å².